The molecular formula is C10H13N5O2. The smallest absolute Gasteiger partial charge is 0.278 e. The molecule has 1 saturated carbocycles. The summed E-state index contributed by atoms with van der Waals surface area (Å²) in [7, 11) is 0. The highest BCUT2D eigenvalue weighted by atomic mass is 16.1. The Morgan fingerprint density at radius 2 is 1.94 bits per heavy atom. The summed E-state index contributed by atoms with van der Waals surface area (Å²) < 4.78 is 0. The van der Waals surface area contributed by atoms with Crippen LogP contribution in [0.15, 0.2) is 11.1 Å². The van der Waals surface area contributed by atoms with Crippen molar-refractivity contribution < 1.29 is 4.79 Å². The number of Topliss-reactive ketones (excluding diaryl/α,β-unsaturated/α-hetero) is 1. The van der Waals surface area contributed by atoms with Gasteiger partial charge in [0, 0.05) is 12.8 Å². The number of carbonyl (C=O) groups is 1. The molecule has 0 bridgehead atoms. The Bertz CT molecular complexity index is 578. The van der Waals surface area contributed by atoms with Gasteiger partial charge in [0.1, 0.15) is 5.78 Å². The molecule has 3 rings (SSSR count). The summed E-state index contributed by atoms with van der Waals surface area (Å²) in [5.41, 5.74) is 5.65. The van der Waals surface area contributed by atoms with E-state index >= 15 is 0 Å². The second-order valence-electron chi connectivity index (χ2n) is 3.80. The first-order valence-corrected chi connectivity index (χ1v) is 5.37. The predicted molar refractivity (Wildman–Crippen MR) is 62.4 cm³/mol. The zero-order valence-electron chi connectivity index (χ0n) is 9.19. The Balaban J connectivity index is 0.000000153. The highest BCUT2D eigenvalue weighted by Crippen LogP contribution is 2.11. The van der Waals surface area contributed by atoms with Crippen LogP contribution in [-0.4, -0.2) is 25.7 Å². The molecule has 7 nitrogen and oxygen atoms in total. The zero-order chi connectivity index (χ0) is 12.3. The molecule has 4 N–H and O–H groups in total. The Hall–Kier alpha value is -2.18. The van der Waals surface area contributed by atoms with Crippen molar-refractivity contribution in [2.75, 3.05) is 5.73 Å². The minimum Gasteiger partial charge on any atom is -0.369 e. The molecule has 1 aliphatic rings. The first kappa shape index (κ1) is 11.3. The molecule has 0 atom stereocenters. The van der Waals surface area contributed by atoms with E-state index in [9.17, 15) is 9.59 Å². The Labute approximate surface area is 96.5 Å². The highest BCUT2D eigenvalue weighted by Gasteiger charge is 2.07. The van der Waals surface area contributed by atoms with Crippen LogP contribution in [0.25, 0.3) is 11.2 Å². The Morgan fingerprint density at radius 1 is 1.24 bits per heavy atom. The van der Waals surface area contributed by atoms with Gasteiger partial charge in [-0.1, -0.05) is 0 Å². The fourth-order valence-electron chi connectivity index (χ4n) is 1.63. The monoisotopic (exact) mass is 235 g/mol. The Morgan fingerprint density at radius 3 is 2.53 bits per heavy atom. The maximum absolute atomic E-state index is 11.0. The minimum absolute atomic E-state index is 0.0783. The van der Waals surface area contributed by atoms with Crippen LogP contribution in [-0.2, 0) is 4.79 Å². The fraction of sp³-hybridized carbons (Fsp3) is 0.400. The number of aromatic amines is 2. The molecule has 0 spiro atoms. The van der Waals surface area contributed by atoms with Gasteiger partial charge in [0.15, 0.2) is 11.2 Å². The molecule has 0 unspecified atom stereocenters. The van der Waals surface area contributed by atoms with E-state index in [1.165, 1.54) is 6.33 Å². The third-order valence-electron chi connectivity index (χ3n) is 2.48. The number of carbonyl (C=O) groups excluding carboxylic acids is 1. The van der Waals surface area contributed by atoms with E-state index in [4.69, 9.17) is 5.73 Å². The van der Waals surface area contributed by atoms with Crippen molar-refractivity contribution >= 4 is 22.9 Å². The van der Waals surface area contributed by atoms with Gasteiger partial charge in [0.2, 0.25) is 5.95 Å². The van der Waals surface area contributed by atoms with Crippen LogP contribution in [0.1, 0.15) is 25.7 Å². The van der Waals surface area contributed by atoms with Crippen LogP contribution < -0.4 is 11.3 Å². The quantitative estimate of drug-likeness (QED) is 0.609. The SMILES string of the molecule is Nc1nc2nc[nH]c2c(=O)[nH]1.O=C1CCCC1. The summed E-state index contributed by atoms with van der Waals surface area (Å²) >= 11 is 0. The molecule has 0 saturated heterocycles. The number of ketones is 1. The number of imidazole rings is 1. The van der Waals surface area contributed by atoms with E-state index in [1.54, 1.807) is 0 Å². The first-order chi connectivity index (χ1) is 8.16. The van der Waals surface area contributed by atoms with Crippen LogP contribution in [0.3, 0.4) is 0 Å². The number of nitrogen functional groups attached to an aromatic ring is 1. The van der Waals surface area contributed by atoms with Gasteiger partial charge in [-0.3, -0.25) is 14.6 Å². The van der Waals surface area contributed by atoms with Gasteiger partial charge in [-0.15, -0.1) is 0 Å². The van der Waals surface area contributed by atoms with Gasteiger partial charge in [-0.2, -0.15) is 4.98 Å². The van der Waals surface area contributed by atoms with Gasteiger partial charge in [-0.05, 0) is 12.8 Å². The molecule has 2 aromatic heterocycles. The average Bonchev–Trinajstić information content (AvgIpc) is 2.89. The average molecular weight is 235 g/mol. The number of H-pyrrole nitrogens is 2. The van der Waals surface area contributed by atoms with Gasteiger partial charge in [-0.25, -0.2) is 4.98 Å². The number of nitrogens with zero attached hydrogens (tertiary/aromatic N) is 2. The molecule has 1 fully saturated rings. The van der Waals surface area contributed by atoms with E-state index in [0.717, 1.165) is 25.7 Å². The summed E-state index contributed by atoms with van der Waals surface area (Å²) in [6.07, 6.45) is 5.37. The summed E-state index contributed by atoms with van der Waals surface area (Å²) in [5.74, 6) is 0.532. The number of hydrogen-bond donors (Lipinski definition) is 3. The van der Waals surface area contributed by atoms with E-state index in [1.807, 2.05) is 0 Å². The molecule has 7 heteroatoms. The van der Waals surface area contributed by atoms with Crippen molar-refractivity contribution in [1.29, 1.82) is 0 Å². The van der Waals surface area contributed by atoms with Crippen LogP contribution in [0.2, 0.25) is 0 Å². The number of rotatable bonds is 0. The van der Waals surface area contributed by atoms with E-state index in [2.05, 4.69) is 19.9 Å². The number of nitrogens with two attached hydrogens (primary N) is 1. The van der Waals surface area contributed by atoms with Crippen LogP contribution in [0, 0.1) is 0 Å². The molecule has 1 aliphatic carbocycles. The summed E-state index contributed by atoms with van der Waals surface area (Å²) in [4.78, 5) is 33.8. The van der Waals surface area contributed by atoms with Crippen LogP contribution >= 0.6 is 0 Å². The van der Waals surface area contributed by atoms with E-state index in [0.29, 0.717) is 16.9 Å². The second kappa shape index (κ2) is 4.77. The van der Waals surface area contributed by atoms with Crippen LogP contribution in [0.5, 0.6) is 0 Å². The lowest BCUT2D eigenvalue weighted by Gasteiger charge is -1.89. The van der Waals surface area contributed by atoms with Gasteiger partial charge < -0.3 is 10.7 Å². The Kier molecular flexibility index (Phi) is 3.17. The second-order valence-corrected chi connectivity index (χ2v) is 3.80. The van der Waals surface area contributed by atoms with Crippen molar-refractivity contribution in [3.8, 4) is 0 Å². The van der Waals surface area contributed by atoms with Crippen molar-refractivity contribution in [2.45, 2.75) is 25.7 Å². The van der Waals surface area contributed by atoms with Crippen LogP contribution in [0.4, 0.5) is 5.95 Å². The number of anilines is 1. The molecule has 0 aromatic carbocycles. The topological polar surface area (TPSA) is 118 Å². The highest BCUT2D eigenvalue weighted by molar-refractivity contribution is 5.80. The standard InChI is InChI=1S/C5H5N5O.C5H8O/c6-5-9-3-2(4(11)10-5)7-1-8-3;6-5-3-1-2-4-5/h1H,(H4,6,7,8,9,10,11);1-4H2. The maximum Gasteiger partial charge on any atom is 0.278 e. The van der Waals surface area contributed by atoms with E-state index in [-0.39, 0.29) is 11.5 Å². The minimum atomic E-state index is -0.301. The summed E-state index contributed by atoms with van der Waals surface area (Å²) in [5, 5.41) is 0. The molecule has 17 heavy (non-hydrogen) atoms. The van der Waals surface area contributed by atoms with Crippen molar-refractivity contribution in [3.63, 3.8) is 0 Å². The summed E-state index contributed by atoms with van der Waals surface area (Å²) in [6, 6.07) is 0. The fourth-order valence-corrected chi connectivity index (χ4v) is 1.63. The molecule has 2 heterocycles. The van der Waals surface area contributed by atoms with E-state index < -0.39 is 0 Å². The summed E-state index contributed by atoms with van der Waals surface area (Å²) in [6.45, 7) is 0. The predicted octanol–water partition coefficient (Wildman–Crippen LogP) is 0.358. The first-order valence-electron chi connectivity index (χ1n) is 5.37. The lowest BCUT2D eigenvalue weighted by atomic mass is 10.4. The van der Waals surface area contributed by atoms with Gasteiger partial charge in [0.05, 0.1) is 6.33 Å². The van der Waals surface area contributed by atoms with Crippen molar-refractivity contribution in [1.82, 2.24) is 19.9 Å². The lowest BCUT2D eigenvalue weighted by molar-refractivity contribution is -0.117. The molecule has 0 aliphatic heterocycles. The van der Waals surface area contributed by atoms with Gasteiger partial charge in [0.25, 0.3) is 5.56 Å². The normalized spacial score (nSPS) is 14.7. The number of hydrogen-bond acceptors (Lipinski definition) is 5. The molecule has 0 amide bonds. The number of nitrogens with one attached hydrogen (secondary N) is 2. The molecule has 2 aromatic rings. The largest absolute Gasteiger partial charge is 0.369 e. The van der Waals surface area contributed by atoms with Crippen molar-refractivity contribution in [3.05, 3.63) is 16.7 Å². The lowest BCUT2D eigenvalue weighted by Crippen LogP contribution is -2.10. The zero-order valence-corrected chi connectivity index (χ0v) is 9.19. The molecule has 90 valence electrons. The van der Waals surface area contributed by atoms with Crippen molar-refractivity contribution in [2.24, 2.45) is 0 Å². The maximum atomic E-state index is 11.0. The molecular weight excluding hydrogens is 222 g/mol. The third-order valence-corrected chi connectivity index (χ3v) is 2.48. The molecule has 0 radical (unpaired) electrons. The third kappa shape index (κ3) is 2.68. The van der Waals surface area contributed by atoms with Gasteiger partial charge >= 0.3 is 0 Å². The number of fused-ring (bicyclic) bond motifs is 1. The number of aromatic nitrogens is 4.